The number of hydrogen-bond acceptors (Lipinski definition) is 4. The summed E-state index contributed by atoms with van der Waals surface area (Å²) >= 11 is 0. The van der Waals surface area contributed by atoms with Gasteiger partial charge in [0.2, 0.25) is 0 Å². The van der Waals surface area contributed by atoms with Gasteiger partial charge in [-0.05, 0) is 61.6 Å². The Morgan fingerprint density at radius 2 is 2.22 bits per heavy atom. The molecule has 2 heterocycles. The summed E-state index contributed by atoms with van der Waals surface area (Å²) in [5.41, 5.74) is 4.09. The van der Waals surface area contributed by atoms with E-state index in [2.05, 4.69) is 20.3 Å². The molecule has 0 saturated heterocycles. The molecule has 1 aromatic carbocycles. The van der Waals surface area contributed by atoms with E-state index in [9.17, 15) is 8.78 Å². The fraction of sp³-hybridized carbons (Fsp3) is 0.350. The Balaban J connectivity index is 1.48. The minimum Gasteiger partial charge on any atom is -0.460 e. The fourth-order valence-corrected chi connectivity index (χ4v) is 3.64. The van der Waals surface area contributed by atoms with Gasteiger partial charge in [0.25, 0.3) is 0 Å². The number of benzene rings is 1. The normalized spacial score (nSPS) is 16.5. The van der Waals surface area contributed by atoms with E-state index < -0.39 is 6.61 Å². The van der Waals surface area contributed by atoms with Gasteiger partial charge < -0.3 is 14.5 Å². The third-order valence-electron chi connectivity index (χ3n) is 4.90. The standard InChI is InChI=1S/C20H21F2N3O2/c1-12-5-8-18(26-12)19-14(11-24-25-19)10-23-17-4-2-3-13-9-15(27-20(21)22)6-7-16(13)17/h5-9,11,17,20,23H,2-4,10H2,1H3,(H,24,25)/t17-/m0/s1. The summed E-state index contributed by atoms with van der Waals surface area (Å²) in [6.07, 6.45) is 4.66. The van der Waals surface area contributed by atoms with Gasteiger partial charge in [-0.3, -0.25) is 5.10 Å². The van der Waals surface area contributed by atoms with Crippen molar-refractivity contribution in [2.24, 2.45) is 0 Å². The number of aryl methyl sites for hydroxylation is 2. The average Bonchev–Trinajstić information content (AvgIpc) is 3.27. The molecule has 5 nitrogen and oxygen atoms in total. The lowest BCUT2D eigenvalue weighted by Gasteiger charge is -2.27. The van der Waals surface area contributed by atoms with Gasteiger partial charge in [-0.2, -0.15) is 13.9 Å². The number of furan rings is 1. The highest BCUT2D eigenvalue weighted by atomic mass is 19.3. The molecule has 0 fully saturated rings. The first-order valence-electron chi connectivity index (χ1n) is 9.00. The van der Waals surface area contributed by atoms with E-state index in [4.69, 9.17) is 4.42 Å². The van der Waals surface area contributed by atoms with Gasteiger partial charge in [-0.25, -0.2) is 0 Å². The topological polar surface area (TPSA) is 63.1 Å². The number of aromatic amines is 1. The van der Waals surface area contributed by atoms with E-state index in [1.165, 1.54) is 0 Å². The Morgan fingerprint density at radius 3 is 3.00 bits per heavy atom. The summed E-state index contributed by atoms with van der Waals surface area (Å²) in [5, 5.41) is 10.7. The minimum atomic E-state index is -2.80. The van der Waals surface area contributed by atoms with Gasteiger partial charge in [0.05, 0.1) is 6.20 Å². The zero-order valence-electron chi connectivity index (χ0n) is 15.0. The van der Waals surface area contributed by atoms with Crippen LogP contribution in [0.1, 0.15) is 41.3 Å². The fourth-order valence-electron chi connectivity index (χ4n) is 3.64. The van der Waals surface area contributed by atoms with Crippen LogP contribution in [0.25, 0.3) is 11.5 Å². The predicted molar refractivity (Wildman–Crippen MR) is 96.6 cm³/mol. The molecular weight excluding hydrogens is 352 g/mol. The van der Waals surface area contributed by atoms with E-state index in [0.717, 1.165) is 53.2 Å². The minimum absolute atomic E-state index is 0.162. The van der Waals surface area contributed by atoms with Crippen LogP contribution >= 0.6 is 0 Å². The van der Waals surface area contributed by atoms with Crippen molar-refractivity contribution in [1.82, 2.24) is 15.5 Å². The second-order valence-corrected chi connectivity index (χ2v) is 6.75. The highest BCUT2D eigenvalue weighted by Crippen LogP contribution is 2.33. The Hall–Kier alpha value is -2.67. The van der Waals surface area contributed by atoms with Crippen LogP contribution in [-0.2, 0) is 13.0 Å². The number of nitrogens with zero attached hydrogens (tertiary/aromatic N) is 1. The molecule has 27 heavy (non-hydrogen) atoms. The van der Waals surface area contributed by atoms with Gasteiger partial charge in [-0.1, -0.05) is 6.07 Å². The summed E-state index contributed by atoms with van der Waals surface area (Å²) in [6, 6.07) is 9.23. The summed E-state index contributed by atoms with van der Waals surface area (Å²) in [7, 11) is 0. The van der Waals surface area contributed by atoms with E-state index in [1.807, 2.05) is 25.1 Å². The molecule has 2 aromatic heterocycles. The first-order valence-corrected chi connectivity index (χ1v) is 9.00. The zero-order chi connectivity index (χ0) is 18.8. The van der Waals surface area contributed by atoms with Crippen molar-refractivity contribution in [3.8, 4) is 17.2 Å². The van der Waals surface area contributed by atoms with Crippen molar-refractivity contribution >= 4 is 0 Å². The maximum absolute atomic E-state index is 12.4. The molecule has 2 N–H and O–H groups in total. The molecule has 1 aliphatic carbocycles. The third-order valence-corrected chi connectivity index (χ3v) is 4.90. The molecular formula is C20H21F2N3O2. The summed E-state index contributed by atoms with van der Waals surface area (Å²) in [4.78, 5) is 0. The van der Waals surface area contributed by atoms with E-state index in [0.29, 0.717) is 6.54 Å². The average molecular weight is 373 g/mol. The number of alkyl halides is 2. The van der Waals surface area contributed by atoms with Crippen molar-refractivity contribution < 1.29 is 17.9 Å². The number of hydrogen-bond donors (Lipinski definition) is 2. The highest BCUT2D eigenvalue weighted by molar-refractivity contribution is 5.56. The van der Waals surface area contributed by atoms with Crippen molar-refractivity contribution in [3.63, 3.8) is 0 Å². The van der Waals surface area contributed by atoms with Crippen LogP contribution in [-0.4, -0.2) is 16.8 Å². The van der Waals surface area contributed by atoms with Crippen molar-refractivity contribution in [2.75, 3.05) is 0 Å². The molecule has 0 spiro atoms. The Bertz CT molecular complexity index is 920. The lowest BCUT2D eigenvalue weighted by Crippen LogP contribution is -2.25. The first-order chi connectivity index (χ1) is 13.1. The van der Waals surface area contributed by atoms with Crippen LogP contribution in [0.5, 0.6) is 5.75 Å². The number of rotatable bonds is 6. The van der Waals surface area contributed by atoms with Crippen molar-refractivity contribution in [2.45, 2.75) is 45.4 Å². The molecule has 1 atom stereocenters. The lowest BCUT2D eigenvalue weighted by atomic mass is 9.87. The molecule has 7 heteroatoms. The maximum Gasteiger partial charge on any atom is 0.387 e. The number of ether oxygens (including phenoxy) is 1. The number of aromatic nitrogens is 2. The number of nitrogens with one attached hydrogen (secondary N) is 2. The molecule has 0 unspecified atom stereocenters. The second-order valence-electron chi connectivity index (χ2n) is 6.75. The van der Waals surface area contributed by atoms with Crippen LogP contribution in [0.2, 0.25) is 0 Å². The van der Waals surface area contributed by atoms with Crippen LogP contribution in [0.3, 0.4) is 0 Å². The molecule has 0 radical (unpaired) electrons. The Kier molecular flexibility index (Phi) is 4.94. The molecule has 0 aliphatic heterocycles. The van der Waals surface area contributed by atoms with Gasteiger partial charge in [0, 0.05) is 18.2 Å². The van der Waals surface area contributed by atoms with E-state index in [1.54, 1.807) is 18.3 Å². The Morgan fingerprint density at radius 1 is 1.33 bits per heavy atom. The summed E-state index contributed by atoms with van der Waals surface area (Å²) in [6.45, 7) is -0.265. The largest absolute Gasteiger partial charge is 0.460 e. The molecule has 1 aliphatic rings. The van der Waals surface area contributed by atoms with Gasteiger partial charge in [-0.15, -0.1) is 0 Å². The summed E-state index contributed by atoms with van der Waals surface area (Å²) < 4.78 is 35.1. The van der Waals surface area contributed by atoms with Crippen LogP contribution < -0.4 is 10.1 Å². The van der Waals surface area contributed by atoms with Crippen LogP contribution in [0.4, 0.5) is 8.78 Å². The third kappa shape index (κ3) is 3.88. The molecule has 0 amide bonds. The monoisotopic (exact) mass is 373 g/mol. The molecule has 3 aromatic rings. The summed E-state index contributed by atoms with van der Waals surface area (Å²) in [5.74, 6) is 1.83. The van der Waals surface area contributed by atoms with Gasteiger partial charge in [0.15, 0.2) is 5.76 Å². The number of halogens is 2. The quantitative estimate of drug-likeness (QED) is 0.655. The lowest BCUT2D eigenvalue weighted by molar-refractivity contribution is -0.0499. The zero-order valence-corrected chi connectivity index (χ0v) is 15.0. The van der Waals surface area contributed by atoms with E-state index >= 15 is 0 Å². The maximum atomic E-state index is 12.4. The SMILES string of the molecule is Cc1ccc(-c2[nH]ncc2CN[C@H]2CCCc3cc(OC(F)F)ccc32)o1. The van der Waals surface area contributed by atoms with Gasteiger partial charge >= 0.3 is 6.61 Å². The highest BCUT2D eigenvalue weighted by Gasteiger charge is 2.22. The smallest absolute Gasteiger partial charge is 0.387 e. The second kappa shape index (κ2) is 7.52. The molecule has 4 rings (SSSR count). The molecule has 0 saturated carbocycles. The molecule has 142 valence electrons. The number of fused-ring (bicyclic) bond motifs is 1. The number of H-pyrrole nitrogens is 1. The first kappa shape index (κ1) is 17.7. The van der Waals surface area contributed by atoms with Crippen LogP contribution in [0, 0.1) is 6.92 Å². The predicted octanol–water partition coefficient (Wildman–Crippen LogP) is 4.75. The van der Waals surface area contributed by atoms with Crippen molar-refractivity contribution in [1.29, 1.82) is 0 Å². The molecule has 0 bridgehead atoms. The van der Waals surface area contributed by atoms with Crippen molar-refractivity contribution in [3.05, 3.63) is 59.0 Å². The van der Waals surface area contributed by atoms with E-state index in [-0.39, 0.29) is 11.8 Å². The van der Waals surface area contributed by atoms with Crippen LogP contribution in [0.15, 0.2) is 40.9 Å². The Labute approximate surface area is 155 Å². The van der Waals surface area contributed by atoms with Gasteiger partial charge in [0.1, 0.15) is 17.2 Å².